The molecular weight excluding hydrogens is 246 g/mol. The fraction of sp³-hybridized carbons (Fsp3) is 0.615. The number of carbonyl (C=O) groups excluding carboxylic acids is 1. The topological polar surface area (TPSA) is 44.4 Å². The van der Waals surface area contributed by atoms with Crippen molar-refractivity contribution in [3.8, 4) is 0 Å². The molecule has 0 bridgehead atoms. The molecule has 4 nitrogen and oxygen atoms in total. The predicted octanol–water partition coefficient (Wildman–Crippen LogP) is 1.64. The van der Waals surface area contributed by atoms with E-state index in [0.29, 0.717) is 0 Å². The van der Waals surface area contributed by atoms with E-state index in [2.05, 4.69) is 42.0 Å². The second-order valence-corrected chi connectivity index (χ2v) is 6.20. The van der Waals surface area contributed by atoms with Crippen molar-refractivity contribution in [2.75, 3.05) is 32.7 Å². The van der Waals surface area contributed by atoms with Gasteiger partial charge >= 0.3 is 6.03 Å². The summed E-state index contributed by atoms with van der Waals surface area (Å²) >= 11 is 1.80. The van der Waals surface area contributed by atoms with Crippen molar-refractivity contribution >= 4 is 17.4 Å². The third-order valence-electron chi connectivity index (χ3n) is 3.26. The number of nitrogens with zero attached hydrogens (tertiary/aromatic N) is 1. The Labute approximate surface area is 112 Å². The first-order valence-electron chi connectivity index (χ1n) is 6.37. The number of thiophene rings is 1. The van der Waals surface area contributed by atoms with Crippen LogP contribution in [0.25, 0.3) is 0 Å². The molecule has 2 amide bonds. The van der Waals surface area contributed by atoms with Crippen molar-refractivity contribution in [3.63, 3.8) is 0 Å². The van der Waals surface area contributed by atoms with E-state index < -0.39 is 0 Å². The van der Waals surface area contributed by atoms with Crippen LogP contribution in [0, 0.1) is 0 Å². The molecule has 1 aliphatic heterocycles. The Hall–Kier alpha value is -1.07. The third-order valence-corrected chi connectivity index (χ3v) is 4.49. The average Bonchev–Trinajstić information content (AvgIpc) is 2.96. The van der Waals surface area contributed by atoms with Gasteiger partial charge in [-0.3, -0.25) is 0 Å². The summed E-state index contributed by atoms with van der Waals surface area (Å²) in [5.74, 6) is 0. The molecule has 18 heavy (non-hydrogen) atoms. The van der Waals surface area contributed by atoms with E-state index in [0.717, 1.165) is 32.7 Å². The van der Waals surface area contributed by atoms with Crippen LogP contribution in [-0.2, 0) is 5.41 Å². The lowest BCUT2D eigenvalue weighted by atomic mass is 9.91. The number of carbonyl (C=O) groups is 1. The maximum atomic E-state index is 11.3. The van der Waals surface area contributed by atoms with Crippen molar-refractivity contribution in [2.45, 2.75) is 19.3 Å². The number of amides is 2. The van der Waals surface area contributed by atoms with E-state index in [4.69, 9.17) is 0 Å². The normalized spacial score (nSPS) is 16.1. The van der Waals surface area contributed by atoms with Gasteiger partial charge in [0.25, 0.3) is 0 Å². The summed E-state index contributed by atoms with van der Waals surface area (Å²) in [6, 6.07) is 4.34. The van der Waals surface area contributed by atoms with Gasteiger partial charge in [-0.1, -0.05) is 19.9 Å². The zero-order chi connectivity index (χ0) is 13.0. The predicted molar refractivity (Wildman–Crippen MR) is 75.2 cm³/mol. The maximum absolute atomic E-state index is 11.3. The average molecular weight is 267 g/mol. The molecule has 1 saturated heterocycles. The van der Waals surface area contributed by atoms with Gasteiger partial charge in [0.15, 0.2) is 0 Å². The summed E-state index contributed by atoms with van der Waals surface area (Å²) in [5.41, 5.74) is 0.154. The zero-order valence-electron chi connectivity index (χ0n) is 11.0. The molecule has 0 saturated carbocycles. The van der Waals surface area contributed by atoms with Gasteiger partial charge in [-0.25, -0.2) is 4.79 Å². The standard InChI is InChI=1S/C13H21N3OS/c1-13(2,11-4-3-9-18-11)10-14-5-7-16-8-6-15-12(16)17/h3-4,9,14H,5-8,10H2,1-2H3,(H,15,17). The van der Waals surface area contributed by atoms with Crippen LogP contribution in [0.4, 0.5) is 4.79 Å². The smallest absolute Gasteiger partial charge is 0.317 e. The molecule has 1 aliphatic rings. The quantitative estimate of drug-likeness (QED) is 0.770. The van der Waals surface area contributed by atoms with Crippen LogP contribution in [0.15, 0.2) is 17.5 Å². The number of hydrogen-bond donors (Lipinski definition) is 2. The Bertz CT molecular complexity index is 389. The van der Waals surface area contributed by atoms with Crippen LogP contribution >= 0.6 is 11.3 Å². The minimum Gasteiger partial charge on any atom is -0.336 e. The Balaban J connectivity index is 1.70. The van der Waals surface area contributed by atoms with Crippen LogP contribution in [0.5, 0.6) is 0 Å². The number of urea groups is 1. The van der Waals surface area contributed by atoms with E-state index in [1.165, 1.54) is 4.88 Å². The lowest BCUT2D eigenvalue weighted by Gasteiger charge is -2.24. The lowest BCUT2D eigenvalue weighted by molar-refractivity contribution is 0.217. The molecular formula is C13H21N3OS. The van der Waals surface area contributed by atoms with Crippen molar-refractivity contribution in [3.05, 3.63) is 22.4 Å². The maximum Gasteiger partial charge on any atom is 0.317 e. The van der Waals surface area contributed by atoms with E-state index in [9.17, 15) is 4.79 Å². The first-order chi connectivity index (χ1) is 8.59. The molecule has 2 N–H and O–H groups in total. The van der Waals surface area contributed by atoms with Crippen molar-refractivity contribution < 1.29 is 4.79 Å². The van der Waals surface area contributed by atoms with Crippen LogP contribution < -0.4 is 10.6 Å². The summed E-state index contributed by atoms with van der Waals surface area (Å²) < 4.78 is 0. The fourth-order valence-electron chi connectivity index (χ4n) is 2.09. The summed E-state index contributed by atoms with van der Waals surface area (Å²) in [7, 11) is 0. The Kier molecular flexibility index (Phi) is 4.24. The van der Waals surface area contributed by atoms with Crippen LogP contribution in [-0.4, -0.2) is 43.7 Å². The fourth-order valence-corrected chi connectivity index (χ4v) is 2.94. The van der Waals surface area contributed by atoms with Gasteiger partial charge < -0.3 is 15.5 Å². The van der Waals surface area contributed by atoms with Gasteiger partial charge in [0.1, 0.15) is 0 Å². The minimum atomic E-state index is 0.0642. The van der Waals surface area contributed by atoms with Gasteiger partial charge in [-0.15, -0.1) is 11.3 Å². The molecule has 0 unspecified atom stereocenters. The second-order valence-electron chi connectivity index (χ2n) is 5.26. The molecule has 5 heteroatoms. The molecule has 2 rings (SSSR count). The minimum absolute atomic E-state index is 0.0642. The highest BCUT2D eigenvalue weighted by Gasteiger charge is 2.22. The Morgan fingerprint density at radius 2 is 2.39 bits per heavy atom. The van der Waals surface area contributed by atoms with Crippen molar-refractivity contribution in [1.29, 1.82) is 0 Å². The lowest BCUT2D eigenvalue weighted by Crippen LogP contribution is -2.39. The third kappa shape index (κ3) is 3.23. The summed E-state index contributed by atoms with van der Waals surface area (Å²) in [4.78, 5) is 14.6. The van der Waals surface area contributed by atoms with Crippen LogP contribution in [0.2, 0.25) is 0 Å². The second kappa shape index (κ2) is 5.71. The van der Waals surface area contributed by atoms with Crippen molar-refractivity contribution in [2.24, 2.45) is 0 Å². The van der Waals surface area contributed by atoms with Gasteiger partial charge in [0, 0.05) is 43.0 Å². The summed E-state index contributed by atoms with van der Waals surface area (Å²) in [5, 5.41) is 8.37. The SMILES string of the molecule is CC(C)(CNCCN1CCNC1=O)c1cccs1. The molecule has 0 atom stereocenters. The van der Waals surface area contributed by atoms with Gasteiger partial charge in [-0.2, -0.15) is 0 Å². The number of rotatable bonds is 6. The first kappa shape index (κ1) is 13.4. The molecule has 0 radical (unpaired) electrons. The Morgan fingerprint density at radius 1 is 1.56 bits per heavy atom. The molecule has 1 aromatic rings. The monoisotopic (exact) mass is 267 g/mol. The number of nitrogens with one attached hydrogen (secondary N) is 2. The highest BCUT2D eigenvalue weighted by atomic mass is 32.1. The van der Waals surface area contributed by atoms with Gasteiger partial charge in [0.2, 0.25) is 0 Å². The Morgan fingerprint density at radius 3 is 3.00 bits per heavy atom. The first-order valence-corrected chi connectivity index (χ1v) is 7.25. The molecule has 1 aromatic heterocycles. The number of hydrogen-bond acceptors (Lipinski definition) is 3. The highest BCUT2D eigenvalue weighted by Crippen LogP contribution is 2.26. The molecule has 0 aromatic carbocycles. The largest absolute Gasteiger partial charge is 0.336 e. The van der Waals surface area contributed by atoms with Gasteiger partial charge in [0.05, 0.1) is 0 Å². The van der Waals surface area contributed by atoms with Crippen LogP contribution in [0.3, 0.4) is 0 Å². The summed E-state index contributed by atoms with van der Waals surface area (Å²) in [6.45, 7) is 8.66. The van der Waals surface area contributed by atoms with Crippen molar-refractivity contribution in [1.82, 2.24) is 15.5 Å². The van der Waals surface area contributed by atoms with E-state index in [1.807, 2.05) is 4.90 Å². The van der Waals surface area contributed by atoms with E-state index in [1.54, 1.807) is 11.3 Å². The highest BCUT2D eigenvalue weighted by molar-refractivity contribution is 7.10. The molecule has 2 heterocycles. The molecule has 0 spiro atoms. The van der Waals surface area contributed by atoms with Crippen LogP contribution in [0.1, 0.15) is 18.7 Å². The summed E-state index contributed by atoms with van der Waals surface area (Å²) in [6.07, 6.45) is 0. The molecule has 1 fully saturated rings. The van der Waals surface area contributed by atoms with Gasteiger partial charge in [-0.05, 0) is 11.4 Å². The molecule has 100 valence electrons. The molecule has 0 aliphatic carbocycles. The van der Waals surface area contributed by atoms with E-state index in [-0.39, 0.29) is 11.4 Å². The van der Waals surface area contributed by atoms with E-state index >= 15 is 0 Å². The zero-order valence-corrected chi connectivity index (χ0v) is 11.8.